The molecule has 0 amide bonds. The van der Waals surface area contributed by atoms with E-state index >= 15 is 0 Å². The Labute approximate surface area is 157 Å². The van der Waals surface area contributed by atoms with Crippen LogP contribution >= 0.6 is 15.9 Å². The van der Waals surface area contributed by atoms with E-state index in [0.29, 0.717) is 28.4 Å². The summed E-state index contributed by atoms with van der Waals surface area (Å²) in [7, 11) is 4.62. The molecule has 134 valence electrons. The van der Waals surface area contributed by atoms with Gasteiger partial charge in [-0.3, -0.25) is 4.79 Å². The largest absolute Gasteiger partial charge is 0.493 e. The molecule has 0 heterocycles. The molecule has 0 spiro atoms. The predicted molar refractivity (Wildman–Crippen MR) is 103 cm³/mol. The number of aryl methyl sites for hydroxylation is 2. The number of ether oxygens (including phenoxy) is 3. The highest BCUT2D eigenvalue weighted by Crippen LogP contribution is 2.43. The highest BCUT2D eigenvalue weighted by Gasteiger charge is 2.27. The summed E-state index contributed by atoms with van der Waals surface area (Å²) >= 11 is 3.53. The van der Waals surface area contributed by atoms with Crippen LogP contribution in [-0.2, 0) is 6.42 Å². The van der Waals surface area contributed by atoms with Crippen LogP contribution in [0, 0.1) is 13.8 Å². The van der Waals surface area contributed by atoms with E-state index in [2.05, 4.69) is 15.9 Å². The minimum absolute atomic E-state index is 0.0778. The zero-order chi connectivity index (χ0) is 18.7. The van der Waals surface area contributed by atoms with Crippen LogP contribution < -0.4 is 14.2 Å². The average Bonchev–Trinajstić information content (AvgIpc) is 2.61. The SMILES string of the molecule is CCc1ccc(Br)c(C)c1C(=O)c1c(C)cc(OC)c(OC)c1OC. The van der Waals surface area contributed by atoms with Gasteiger partial charge in [-0.05, 0) is 49.1 Å². The summed E-state index contributed by atoms with van der Waals surface area (Å²) in [5.41, 5.74) is 3.89. The molecular formula is C20H23BrO4. The third-order valence-electron chi connectivity index (χ3n) is 4.35. The number of halogens is 1. The third kappa shape index (κ3) is 3.38. The maximum absolute atomic E-state index is 13.5. The van der Waals surface area contributed by atoms with Crippen LogP contribution in [-0.4, -0.2) is 27.1 Å². The standard InChI is InChI=1S/C20H23BrO4/c1-7-13-8-9-14(21)12(3)17(13)18(22)16-11(2)10-15(23-4)19(24-5)20(16)25-6/h8-10H,7H2,1-6H3. The van der Waals surface area contributed by atoms with E-state index in [1.54, 1.807) is 13.2 Å². The van der Waals surface area contributed by atoms with E-state index in [1.807, 2.05) is 32.9 Å². The summed E-state index contributed by atoms with van der Waals surface area (Å²) in [4.78, 5) is 13.5. The summed E-state index contributed by atoms with van der Waals surface area (Å²) in [6.45, 7) is 5.86. The molecule has 5 heteroatoms. The third-order valence-corrected chi connectivity index (χ3v) is 5.21. The van der Waals surface area contributed by atoms with Gasteiger partial charge in [-0.25, -0.2) is 0 Å². The second-order valence-corrected chi connectivity index (χ2v) is 6.58. The minimum Gasteiger partial charge on any atom is -0.493 e. The molecule has 0 aliphatic carbocycles. The monoisotopic (exact) mass is 406 g/mol. The summed E-state index contributed by atoms with van der Waals surface area (Å²) in [5, 5.41) is 0. The van der Waals surface area contributed by atoms with Crippen molar-refractivity contribution < 1.29 is 19.0 Å². The van der Waals surface area contributed by atoms with E-state index in [-0.39, 0.29) is 5.78 Å². The van der Waals surface area contributed by atoms with Gasteiger partial charge in [0.2, 0.25) is 5.75 Å². The average molecular weight is 407 g/mol. The number of hydrogen-bond donors (Lipinski definition) is 0. The van der Waals surface area contributed by atoms with Crippen molar-refractivity contribution in [2.45, 2.75) is 27.2 Å². The molecule has 0 saturated carbocycles. The summed E-state index contributed by atoms with van der Waals surface area (Å²) in [6.07, 6.45) is 0.768. The molecule has 0 saturated heterocycles. The van der Waals surface area contributed by atoms with Crippen LogP contribution in [0.25, 0.3) is 0 Å². The molecular weight excluding hydrogens is 384 g/mol. The van der Waals surface area contributed by atoms with E-state index in [0.717, 1.165) is 27.6 Å². The van der Waals surface area contributed by atoms with E-state index in [9.17, 15) is 4.79 Å². The molecule has 0 aliphatic rings. The Kier molecular flexibility index (Phi) is 6.11. The molecule has 0 atom stereocenters. The van der Waals surface area contributed by atoms with E-state index in [1.165, 1.54) is 14.2 Å². The number of carbonyl (C=O) groups excluding carboxylic acids is 1. The Hall–Kier alpha value is -2.01. The first kappa shape index (κ1) is 19.3. The lowest BCUT2D eigenvalue weighted by atomic mass is 9.90. The molecule has 0 radical (unpaired) electrons. The normalized spacial score (nSPS) is 10.5. The molecule has 0 aliphatic heterocycles. The van der Waals surface area contributed by atoms with Gasteiger partial charge in [0.1, 0.15) is 0 Å². The smallest absolute Gasteiger partial charge is 0.204 e. The van der Waals surface area contributed by atoms with Gasteiger partial charge >= 0.3 is 0 Å². The molecule has 2 aromatic carbocycles. The Balaban J connectivity index is 2.79. The summed E-state index contributed by atoms with van der Waals surface area (Å²) < 4.78 is 17.2. The van der Waals surface area contributed by atoms with E-state index in [4.69, 9.17) is 14.2 Å². The highest BCUT2D eigenvalue weighted by atomic mass is 79.9. The van der Waals surface area contributed by atoms with Gasteiger partial charge in [0, 0.05) is 10.0 Å². The van der Waals surface area contributed by atoms with Crippen molar-refractivity contribution in [3.63, 3.8) is 0 Å². The maximum Gasteiger partial charge on any atom is 0.204 e. The van der Waals surface area contributed by atoms with Crippen LogP contribution in [0.1, 0.15) is 39.5 Å². The van der Waals surface area contributed by atoms with Crippen molar-refractivity contribution in [3.8, 4) is 17.2 Å². The number of benzene rings is 2. The zero-order valence-corrected chi connectivity index (χ0v) is 17.0. The first-order valence-corrected chi connectivity index (χ1v) is 8.82. The van der Waals surface area contributed by atoms with Crippen molar-refractivity contribution in [2.24, 2.45) is 0 Å². The molecule has 0 unspecified atom stereocenters. The summed E-state index contributed by atoms with van der Waals surface area (Å²) in [5.74, 6) is 1.27. The Morgan fingerprint density at radius 3 is 2.16 bits per heavy atom. The van der Waals surface area contributed by atoms with E-state index < -0.39 is 0 Å². The number of ketones is 1. The first-order chi connectivity index (χ1) is 11.9. The second-order valence-electron chi connectivity index (χ2n) is 5.73. The number of methoxy groups -OCH3 is 3. The van der Waals surface area contributed by atoms with Gasteiger partial charge in [0.25, 0.3) is 0 Å². The number of hydrogen-bond acceptors (Lipinski definition) is 4. The predicted octanol–water partition coefficient (Wildman–Crippen LogP) is 4.89. The van der Waals surface area contributed by atoms with Crippen molar-refractivity contribution in [3.05, 3.63) is 50.5 Å². The van der Waals surface area contributed by atoms with Gasteiger partial charge in [0.05, 0.1) is 26.9 Å². The van der Waals surface area contributed by atoms with Gasteiger partial charge in [0.15, 0.2) is 17.3 Å². The van der Waals surface area contributed by atoms with Crippen LogP contribution in [0.5, 0.6) is 17.2 Å². The molecule has 0 fully saturated rings. The fraction of sp³-hybridized carbons (Fsp3) is 0.350. The molecule has 25 heavy (non-hydrogen) atoms. The van der Waals surface area contributed by atoms with Gasteiger partial charge in [-0.2, -0.15) is 0 Å². The van der Waals surface area contributed by atoms with Crippen LogP contribution in [0.15, 0.2) is 22.7 Å². The molecule has 0 bridgehead atoms. The zero-order valence-electron chi connectivity index (χ0n) is 15.5. The van der Waals surface area contributed by atoms with Crippen LogP contribution in [0.4, 0.5) is 0 Å². The molecule has 4 nitrogen and oxygen atoms in total. The molecule has 2 aromatic rings. The highest BCUT2D eigenvalue weighted by molar-refractivity contribution is 9.10. The number of carbonyl (C=O) groups is 1. The van der Waals surface area contributed by atoms with Gasteiger partial charge in [-0.1, -0.05) is 28.9 Å². The molecule has 2 rings (SSSR count). The van der Waals surface area contributed by atoms with Crippen molar-refractivity contribution in [2.75, 3.05) is 21.3 Å². The lowest BCUT2D eigenvalue weighted by Gasteiger charge is -2.19. The van der Waals surface area contributed by atoms with Crippen molar-refractivity contribution >= 4 is 21.7 Å². The minimum atomic E-state index is -0.0778. The first-order valence-electron chi connectivity index (χ1n) is 8.03. The fourth-order valence-corrected chi connectivity index (χ4v) is 3.37. The van der Waals surface area contributed by atoms with Gasteiger partial charge in [-0.15, -0.1) is 0 Å². The Morgan fingerprint density at radius 2 is 1.64 bits per heavy atom. The Morgan fingerprint density at radius 1 is 1.00 bits per heavy atom. The lowest BCUT2D eigenvalue weighted by molar-refractivity contribution is 0.103. The Bertz CT molecular complexity index is 812. The lowest BCUT2D eigenvalue weighted by Crippen LogP contribution is -2.12. The maximum atomic E-state index is 13.5. The quantitative estimate of drug-likeness (QED) is 0.640. The fourth-order valence-electron chi connectivity index (χ4n) is 3.04. The van der Waals surface area contributed by atoms with Gasteiger partial charge < -0.3 is 14.2 Å². The molecule has 0 aromatic heterocycles. The van der Waals surface area contributed by atoms with Crippen molar-refractivity contribution in [1.29, 1.82) is 0 Å². The second kappa shape index (κ2) is 7.91. The number of rotatable bonds is 6. The van der Waals surface area contributed by atoms with Crippen LogP contribution in [0.3, 0.4) is 0 Å². The van der Waals surface area contributed by atoms with Crippen molar-refractivity contribution in [1.82, 2.24) is 0 Å². The van der Waals surface area contributed by atoms with Crippen LogP contribution in [0.2, 0.25) is 0 Å². The topological polar surface area (TPSA) is 44.8 Å². The summed E-state index contributed by atoms with van der Waals surface area (Å²) in [6, 6.07) is 5.75. The molecule has 0 N–H and O–H groups in total.